The van der Waals surface area contributed by atoms with Crippen molar-refractivity contribution < 1.29 is 9.84 Å². The highest BCUT2D eigenvalue weighted by Gasteiger charge is 2.09. The second-order valence-electron chi connectivity index (χ2n) is 5.07. The molecule has 2 rings (SSSR count). The third-order valence-corrected chi connectivity index (χ3v) is 3.37. The van der Waals surface area contributed by atoms with Crippen LogP contribution in [0.25, 0.3) is 0 Å². The Hall–Kier alpha value is -2.16. The maximum atomic E-state index is 9.37. The molecule has 2 N–H and O–H groups in total. The van der Waals surface area contributed by atoms with E-state index in [-0.39, 0.29) is 6.04 Å². The molecule has 1 unspecified atom stereocenters. The molecule has 0 saturated heterocycles. The summed E-state index contributed by atoms with van der Waals surface area (Å²) >= 11 is 0. The third-order valence-electron chi connectivity index (χ3n) is 3.37. The molecule has 3 heteroatoms. The summed E-state index contributed by atoms with van der Waals surface area (Å²) in [5.41, 5.74) is 2.24. The van der Waals surface area contributed by atoms with Crippen molar-refractivity contribution >= 4 is 5.69 Å². The average Bonchev–Trinajstić information content (AvgIpc) is 2.53. The van der Waals surface area contributed by atoms with Gasteiger partial charge in [0, 0.05) is 5.69 Å². The molecular formula is C18H23NO2. The summed E-state index contributed by atoms with van der Waals surface area (Å²) in [6, 6.07) is 15.6. The molecular weight excluding hydrogens is 262 g/mol. The summed E-state index contributed by atoms with van der Waals surface area (Å²) in [6.45, 7) is 4.99. The number of hydrogen-bond acceptors (Lipinski definition) is 3. The molecule has 0 aliphatic carbocycles. The zero-order chi connectivity index (χ0) is 15.1. The van der Waals surface area contributed by atoms with Crippen LogP contribution in [0, 0.1) is 0 Å². The number of phenolic OH excluding ortho intramolecular Hbond substituents is 1. The van der Waals surface area contributed by atoms with Crippen LogP contribution >= 0.6 is 0 Å². The lowest BCUT2D eigenvalue weighted by molar-refractivity contribution is 0.317. The monoisotopic (exact) mass is 285 g/mol. The summed E-state index contributed by atoms with van der Waals surface area (Å²) in [5, 5.41) is 12.9. The van der Waals surface area contributed by atoms with Gasteiger partial charge in [-0.3, -0.25) is 0 Å². The number of phenols is 1. The standard InChI is InChI=1S/C18H23NO2/c1-3-13-21-17-11-7-15(8-12-17)19-18(4-2)14-5-9-16(20)10-6-14/h5-12,18-20H,3-4,13H2,1-2H3. The van der Waals surface area contributed by atoms with Crippen molar-refractivity contribution in [2.75, 3.05) is 11.9 Å². The van der Waals surface area contributed by atoms with Gasteiger partial charge >= 0.3 is 0 Å². The zero-order valence-corrected chi connectivity index (χ0v) is 12.7. The number of nitrogens with one attached hydrogen (secondary N) is 1. The van der Waals surface area contributed by atoms with Crippen LogP contribution in [0.2, 0.25) is 0 Å². The fourth-order valence-electron chi connectivity index (χ4n) is 2.20. The molecule has 0 fully saturated rings. The Bertz CT molecular complexity index is 534. The number of rotatable bonds is 7. The second kappa shape index (κ2) is 7.58. The predicted molar refractivity (Wildman–Crippen MR) is 87.0 cm³/mol. The fourth-order valence-corrected chi connectivity index (χ4v) is 2.20. The molecule has 0 aliphatic rings. The lowest BCUT2D eigenvalue weighted by Gasteiger charge is -2.19. The van der Waals surface area contributed by atoms with Crippen LogP contribution in [0.3, 0.4) is 0 Å². The van der Waals surface area contributed by atoms with Crippen molar-refractivity contribution in [2.45, 2.75) is 32.7 Å². The third kappa shape index (κ3) is 4.42. The van der Waals surface area contributed by atoms with Gasteiger partial charge in [0.2, 0.25) is 0 Å². The van der Waals surface area contributed by atoms with Gasteiger partial charge in [-0.15, -0.1) is 0 Å². The van der Waals surface area contributed by atoms with Gasteiger partial charge in [0.15, 0.2) is 0 Å². The highest BCUT2D eigenvalue weighted by atomic mass is 16.5. The van der Waals surface area contributed by atoms with Crippen LogP contribution in [-0.4, -0.2) is 11.7 Å². The van der Waals surface area contributed by atoms with Crippen LogP contribution in [0.5, 0.6) is 11.5 Å². The molecule has 0 aromatic heterocycles. The minimum absolute atomic E-state index is 0.230. The Morgan fingerprint density at radius 2 is 1.67 bits per heavy atom. The quantitative estimate of drug-likeness (QED) is 0.771. The predicted octanol–water partition coefficient (Wildman–Crippen LogP) is 4.74. The molecule has 0 heterocycles. The lowest BCUT2D eigenvalue weighted by Crippen LogP contribution is -2.09. The maximum absolute atomic E-state index is 9.37. The minimum Gasteiger partial charge on any atom is -0.508 e. The molecule has 21 heavy (non-hydrogen) atoms. The van der Waals surface area contributed by atoms with Gasteiger partial charge in [-0.2, -0.15) is 0 Å². The van der Waals surface area contributed by atoms with E-state index in [4.69, 9.17) is 4.74 Å². The number of hydrogen-bond donors (Lipinski definition) is 2. The van der Waals surface area contributed by atoms with Crippen molar-refractivity contribution in [2.24, 2.45) is 0 Å². The molecule has 0 radical (unpaired) electrons. The first kappa shape index (κ1) is 15.2. The first-order valence-electron chi connectivity index (χ1n) is 7.51. The molecule has 0 bridgehead atoms. The summed E-state index contributed by atoms with van der Waals surface area (Å²) in [4.78, 5) is 0. The Morgan fingerprint density at radius 3 is 2.24 bits per heavy atom. The summed E-state index contributed by atoms with van der Waals surface area (Å²) in [6.07, 6.45) is 1.98. The van der Waals surface area contributed by atoms with E-state index in [1.54, 1.807) is 12.1 Å². The molecule has 2 aromatic rings. The van der Waals surface area contributed by atoms with Crippen LogP contribution in [0.4, 0.5) is 5.69 Å². The maximum Gasteiger partial charge on any atom is 0.119 e. The van der Waals surface area contributed by atoms with Crippen LogP contribution in [0.1, 0.15) is 38.3 Å². The number of ether oxygens (including phenoxy) is 1. The van der Waals surface area contributed by atoms with Crippen molar-refractivity contribution in [1.82, 2.24) is 0 Å². The van der Waals surface area contributed by atoms with E-state index >= 15 is 0 Å². The van der Waals surface area contributed by atoms with E-state index in [1.807, 2.05) is 36.4 Å². The highest BCUT2D eigenvalue weighted by Crippen LogP contribution is 2.25. The van der Waals surface area contributed by atoms with E-state index in [1.165, 1.54) is 5.56 Å². The molecule has 0 aliphatic heterocycles. The molecule has 2 aromatic carbocycles. The van der Waals surface area contributed by atoms with Gasteiger partial charge < -0.3 is 15.2 Å². The van der Waals surface area contributed by atoms with Gasteiger partial charge in [-0.1, -0.05) is 26.0 Å². The first-order valence-corrected chi connectivity index (χ1v) is 7.51. The number of benzene rings is 2. The Labute approximate surface area is 126 Å². The molecule has 1 atom stereocenters. The molecule has 0 amide bonds. The fraction of sp³-hybridized carbons (Fsp3) is 0.333. The highest BCUT2D eigenvalue weighted by molar-refractivity contribution is 5.48. The van der Waals surface area contributed by atoms with Gasteiger partial charge in [0.1, 0.15) is 11.5 Å². The smallest absolute Gasteiger partial charge is 0.119 e. The number of aromatic hydroxyl groups is 1. The van der Waals surface area contributed by atoms with Gasteiger partial charge in [0.05, 0.1) is 12.6 Å². The normalized spacial score (nSPS) is 11.9. The topological polar surface area (TPSA) is 41.5 Å². The summed E-state index contributed by atoms with van der Waals surface area (Å²) in [5.74, 6) is 1.20. The van der Waals surface area contributed by atoms with E-state index in [2.05, 4.69) is 19.2 Å². The molecule has 0 spiro atoms. The Kier molecular flexibility index (Phi) is 5.50. The largest absolute Gasteiger partial charge is 0.508 e. The van der Waals surface area contributed by atoms with Gasteiger partial charge in [0.25, 0.3) is 0 Å². The second-order valence-corrected chi connectivity index (χ2v) is 5.07. The molecule has 3 nitrogen and oxygen atoms in total. The van der Waals surface area contributed by atoms with Crippen LogP contribution in [-0.2, 0) is 0 Å². The average molecular weight is 285 g/mol. The van der Waals surface area contributed by atoms with Crippen molar-refractivity contribution in [1.29, 1.82) is 0 Å². The van der Waals surface area contributed by atoms with E-state index < -0.39 is 0 Å². The minimum atomic E-state index is 0.230. The van der Waals surface area contributed by atoms with E-state index in [9.17, 15) is 5.11 Å². The van der Waals surface area contributed by atoms with Crippen molar-refractivity contribution in [3.8, 4) is 11.5 Å². The van der Waals surface area contributed by atoms with Gasteiger partial charge in [-0.25, -0.2) is 0 Å². The van der Waals surface area contributed by atoms with Crippen LogP contribution in [0.15, 0.2) is 48.5 Å². The van der Waals surface area contributed by atoms with E-state index in [0.29, 0.717) is 5.75 Å². The van der Waals surface area contributed by atoms with Gasteiger partial charge in [-0.05, 0) is 54.8 Å². The van der Waals surface area contributed by atoms with Crippen LogP contribution < -0.4 is 10.1 Å². The lowest BCUT2D eigenvalue weighted by atomic mass is 10.0. The summed E-state index contributed by atoms with van der Waals surface area (Å²) < 4.78 is 5.58. The Balaban J connectivity index is 2.02. The molecule has 112 valence electrons. The first-order chi connectivity index (χ1) is 10.2. The van der Waals surface area contributed by atoms with E-state index in [0.717, 1.165) is 30.9 Å². The summed E-state index contributed by atoms with van der Waals surface area (Å²) in [7, 11) is 0. The SMILES string of the molecule is CCCOc1ccc(NC(CC)c2ccc(O)cc2)cc1. The zero-order valence-electron chi connectivity index (χ0n) is 12.7. The van der Waals surface area contributed by atoms with Crippen molar-refractivity contribution in [3.63, 3.8) is 0 Å². The Morgan fingerprint density at radius 1 is 1.00 bits per heavy atom. The van der Waals surface area contributed by atoms with Crippen molar-refractivity contribution in [3.05, 3.63) is 54.1 Å². The number of anilines is 1. The molecule has 0 saturated carbocycles.